The van der Waals surface area contributed by atoms with Gasteiger partial charge in [0, 0.05) is 43.4 Å². The molecule has 21 heavy (non-hydrogen) atoms. The minimum absolute atomic E-state index is 0. The molecule has 0 aromatic heterocycles. The maximum atomic E-state index is 2.37. The SMILES string of the molecule is Cl.[CH3-].[CH3-].[CH3][Al]([CH3])[C]1=CC=CC1.[CH3][Al]([CH3])[C]1=CC=CC1.[Ti].[Ti]. The molecule has 0 spiro atoms. The molecule has 2 aliphatic carbocycles. The Morgan fingerprint density at radius 2 is 1.00 bits per heavy atom. The van der Waals surface area contributed by atoms with Crippen LogP contribution in [-0.4, -0.2) is 28.3 Å². The van der Waals surface area contributed by atoms with Crippen LogP contribution in [0.2, 0.25) is 23.1 Å². The number of allylic oxidation sites excluding steroid dienone is 8. The van der Waals surface area contributed by atoms with Crippen molar-refractivity contribution in [2.45, 2.75) is 36.0 Å². The third-order valence-corrected chi connectivity index (χ3v) is 6.91. The summed E-state index contributed by atoms with van der Waals surface area (Å²) in [6.45, 7) is 0. The molecule has 116 valence electrons. The summed E-state index contributed by atoms with van der Waals surface area (Å²) >= 11 is -0.849. The molecule has 0 fully saturated rings. The van der Waals surface area contributed by atoms with Gasteiger partial charge in [0.15, 0.2) is 0 Å². The summed E-state index contributed by atoms with van der Waals surface area (Å²) in [5.74, 6) is 9.50. The number of halogens is 1. The van der Waals surface area contributed by atoms with Gasteiger partial charge in [-0.25, -0.2) is 0 Å². The predicted molar refractivity (Wildman–Crippen MR) is 98.7 cm³/mol. The smallest absolute Gasteiger partial charge is 0.293 e. The first-order chi connectivity index (χ1) is 7.61. The van der Waals surface area contributed by atoms with Gasteiger partial charge in [-0.3, -0.25) is 0 Å². The summed E-state index contributed by atoms with van der Waals surface area (Å²) in [4.78, 5) is 0. The first kappa shape index (κ1) is 34.2. The number of hydrogen-bond donors (Lipinski definition) is 0. The van der Waals surface area contributed by atoms with Gasteiger partial charge in [-0.1, -0.05) is 36.5 Å². The van der Waals surface area contributed by atoms with E-state index in [1.165, 1.54) is 12.8 Å². The first-order valence-electron chi connectivity index (χ1n) is 6.32. The summed E-state index contributed by atoms with van der Waals surface area (Å²) in [5, 5.41) is 0. The molecule has 5 heteroatoms. The van der Waals surface area contributed by atoms with Crippen LogP contribution in [-0.2, 0) is 43.4 Å². The van der Waals surface area contributed by atoms with Crippen molar-refractivity contribution in [2.24, 2.45) is 0 Å². The van der Waals surface area contributed by atoms with Crippen molar-refractivity contribution in [1.29, 1.82) is 0 Å². The molecule has 0 heterocycles. The average Bonchev–Trinajstić information content (AvgIpc) is 2.93. The summed E-state index contributed by atoms with van der Waals surface area (Å²) in [5.41, 5.74) is 0. The Balaban J connectivity index is -0.0000000656. The first-order valence-corrected chi connectivity index (χ1v) is 12.1. The van der Waals surface area contributed by atoms with E-state index >= 15 is 0 Å². The maximum absolute atomic E-state index is 2.37. The van der Waals surface area contributed by atoms with E-state index in [2.05, 4.69) is 59.6 Å². The Hall–Kier alpha value is 1.74. The third-order valence-electron chi connectivity index (χ3n) is 3.08. The third kappa shape index (κ3) is 15.0. The van der Waals surface area contributed by atoms with E-state index in [0.717, 1.165) is 0 Å². The van der Waals surface area contributed by atoms with Gasteiger partial charge in [-0.05, 0) is 12.8 Å². The van der Waals surface area contributed by atoms with Crippen LogP contribution in [0.4, 0.5) is 0 Å². The van der Waals surface area contributed by atoms with Gasteiger partial charge in [-0.2, -0.15) is 0 Å². The zero-order valence-corrected chi connectivity index (χ0v) is 20.7. The molecule has 0 nitrogen and oxygen atoms in total. The molecule has 0 unspecified atom stereocenters. The average molecular weight is 407 g/mol. The van der Waals surface area contributed by atoms with E-state index in [4.69, 9.17) is 0 Å². The molecule has 0 amide bonds. The molecule has 0 radical (unpaired) electrons. The molecule has 0 aromatic carbocycles. The molecular formula is C16H29Al2ClTi2-2. The Labute approximate surface area is 178 Å². The Morgan fingerprint density at radius 3 is 1.10 bits per heavy atom. The second-order valence-electron chi connectivity index (χ2n) is 5.06. The Morgan fingerprint density at radius 1 is 0.714 bits per heavy atom. The zero-order chi connectivity index (χ0) is 12.0. The van der Waals surface area contributed by atoms with Crippen molar-refractivity contribution in [3.8, 4) is 0 Å². The summed E-state index contributed by atoms with van der Waals surface area (Å²) in [7, 11) is 0. The van der Waals surface area contributed by atoms with Gasteiger partial charge in [0.2, 0.25) is 0 Å². The van der Waals surface area contributed by atoms with E-state index in [-0.39, 0.29) is 70.7 Å². The van der Waals surface area contributed by atoms with Gasteiger partial charge in [0.05, 0.1) is 0 Å². The topological polar surface area (TPSA) is 0 Å². The number of rotatable bonds is 2. The standard InChI is InChI=1S/2C5H5.6CH3.2Al.ClH.2Ti/c2*1-2-4-5-3-1;;;;;;;;;;;/h2*1-3H,4H2;6*1H3;;;1H;;/q;;;;;;2*-1;;;;;. The minimum Gasteiger partial charge on any atom is -0.358 e. The molecule has 2 rings (SSSR count). The minimum atomic E-state index is -0.424. The number of hydrogen-bond acceptors (Lipinski definition) is 0. The molecule has 0 saturated carbocycles. The van der Waals surface area contributed by atoms with Gasteiger partial charge in [-0.15, -0.1) is 44.4 Å². The molecule has 0 atom stereocenters. The van der Waals surface area contributed by atoms with E-state index in [1.54, 1.807) is 8.87 Å². The summed E-state index contributed by atoms with van der Waals surface area (Å²) < 4.78 is 3.40. The second kappa shape index (κ2) is 19.8. The molecular weight excluding hydrogens is 377 g/mol. The second-order valence-corrected chi connectivity index (χ2v) is 11.2. The molecule has 0 aliphatic heterocycles. The van der Waals surface area contributed by atoms with Crippen LogP contribution in [0, 0.1) is 14.9 Å². The van der Waals surface area contributed by atoms with Crippen molar-refractivity contribution in [3.63, 3.8) is 0 Å². The van der Waals surface area contributed by atoms with E-state index in [0.29, 0.717) is 0 Å². The van der Waals surface area contributed by atoms with Crippen molar-refractivity contribution in [3.05, 3.63) is 60.2 Å². The molecule has 2 aliphatic rings. The van der Waals surface area contributed by atoms with Crippen LogP contribution in [0.1, 0.15) is 12.8 Å². The van der Waals surface area contributed by atoms with Gasteiger partial charge < -0.3 is 14.9 Å². The van der Waals surface area contributed by atoms with Crippen molar-refractivity contribution in [1.82, 2.24) is 0 Å². The molecule has 0 bridgehead atoms. The zero-order valence-electron chi connectivity index (χ0n) is 14.4. The van der Waals surface area contributed by atoms with Crippen molar-refractivity contribution >= 4 is 40.7 Å². The fourth-order valence-electron chi connectivity index (χ4n) is 1.78. The fraction of sp³-hybridized carbons (Fsp3) is 0.375. The normalized spacial score (nSPS) is 12.6. The van der Waals surface area contributed by atoms with Gasteiger partial charge in [0.25, 0.3) is 28.3 Å². The van der Waals surface area contributed by atoms with Crippen LogP contribution in [0.25, 0.3) is 0 Å². The van der Waals surface area contributed by atoms with Crippen LogP contribution in [0.3, 0.4) is 0 Å². The maximum Gasteiger partial charge on any atom is 0.293 e. The van der Waals surface area contributed by atoms with Crippen LogP contribution < -0.4 is 0 Å². The van der Waals surface area contributed by atoms with Crippen LogP contribution in [0.5, 0.6) is 0 Å². The summed E-state index contributed by atoms with van der Waals surface area (Å²) in [6.07, 6.45) is 15.8. The predicted octanol–water partition coefficient (Wildman–Crippen LogP) is 5.65. The van der Waals surface area contributed by atoms with E-state index in [1.807, 2.05) is 0 Å². The van der Waals surface area contributed by atoms with Crippen LogP contribution in [0.15, 0.2) is 45.3 Å². The Bertz CT molecular complexity index is 312. The van der Waals surface area contributed by atoms with E-state index < -0.39 is 28.3 Å². The largest absolute Gasteiger partial charge is 0.358 e. The van der Waals surface area contributed by atoms with Crippen molar-refractivity contribution < 1.29 is 43.4 Å². The van der Waals surface area contributed by atoms with Crippen molar-refractivity contribution in [2.75, 3.05) is 0 Å². The molecule has 0 saturated heterocycles. The molecule has 0 aromatic rings. The van der Waals surface area contributed by atoms with E-state index in [9.17, 15) is 0 Å². The van der Waals surface area contributed by atoms with Gasteiger partial charge in [0.1, 0.15) is 0 Å². The van der Waals surface area contributed by atoms with Crippen LogP contribution >= 0.6 is 12.4 Å². The summed E-state index contributed by atoms with van der Waals surface area (Å²) in [6, 6.07) is 0. The Kier molecular flexibility index (Phi) is 32.2. The molecule has 0 N–H and O–H groups in total. The van der Waals surface area contributed by atoms with Gasteiger partial charge >= 0.3 is 0 Å². The fourth-order valence-corrected chi connectivity index (χ4v) is 3.99. The monoisotopic (exact) mass is 406 g/mol. The quantitative estimate of drug-likeness (QED) is 0.411.